The van der Waals surface area contributed by atoms with Gasteiger partial charge >= 0.3 is 0 Å². The number of benzene rings is 1. The van der Waals surface area contributed by atoms with E-state index in [-0.39, 0.29) is 43.1 Å². The van der Waals surface area contributed by atoms with Gasteiger partial charge in [-0.05, 0) is 17.7 Å². The Morgan fingerprint density at radius 3 is 2.67 bits per heavy atom. The van der Waals surface area contributed by atoms with Crippen molar-refractivity contribution >= 4 is 24.2 Å². The van der Waals surface area contributed by atoms with Crippen molar-refractivity contribution in [3.63, 3.8) is 0 Å². The highest BCUT2D eigenvalue weighted by Gasteiger charge is 2.11. The minimum absolute atomic E-state index is 0. The first-order chi connectivity index (χ1) is 9.47. The number of carbonyl (C=O) groups is 2. The molecule has 0 saturated carbocycles. The number of aromatic hydroxyl groups is 1. The van der Waals surface area contributed by atoms with Crippen molar-refractivity contribution in [1.82, 2.24) is 10.2 Å². The summed E-state index contributed by atoms with van der Waals surface area (Å²) in [6.45, 7) is 0.0991. The van der Waals surface area contributed by atoms with E-state index in [2.05, 4.69) is 5.32 Å². The van der Waals surface area contributed by atoms with Crippen molar-refractivity contribution in [2.24, 2.45) is 5.73 Å². The summed E-state index contributed by atoms with van der Waals surface area (Å²) in [6, 6.07) is 4.85. The first-order valence-electron chi connectivity index (χ1n) is 6.04. The zero-order valence-corrected chi connectivity index (χ0v) is 12.8. The lowest BCUT2D eigenvalue weighted by Gasteiger charge is -2.18. The quantitative estimate of drug-likeness (QED) is 0.677. The number of amides is 2. The zero-order valence-electron chi connectivity index (χ0n) is 12.0. The molecular weight excluding hydrogens is 298 g/mol. The van der Waals surface area contributed by atoms with Gasteiger partial charge in [0.15, 0.2) is 11.5 Å². The first kappa shape index (κ1) is 19.0. The van der Waals surface area contributed by atoms with Crippen molar-refractivity contribution in [2.45, 2.75) is 6.54 Å². The third kappa shape index (κ3) is 5.88. The average molecular weight is 318 g/mol. The second-order valence-electron chi connectivity index (χ2n) is 4.24. The summed E-state index contributed by atoms with van der Waals surface area (Å²) in [7, 11) is 3.08. The largest absolute Gasteiger partial charge is 0.504 e. The molecule has 8 heteroatoms. The Kier molecular flexibility index (Phi) is 8.18. The summed E-state index contributed by atoms with van der Waals surface area (Å²) >= 11 is 0. The molecule has 0 aromatic heterocycles. The molecule has 0 bridgehead atoms. The number of hydrogen-bond acceptors (Lipinski definition) is 5. The molecule has 0 spiro atoms. The number of carbonyl (C=O) groups excluding carboxylic acids is 2. The number of nitrogens with zero attached hydrogens (tertiary/aromatic N) is 1. The van der Waals surface area contributed by atoms with E-state index in [0.29, 0.717) is 12.3 Å². The Hall–Kier alpha value is -1.99. The molecule has 0 aliphatic carbocycles. The maximum Gasteiger partial charge on any atom is 0.242 e. The van der Waals surface area contributed by atoms with Gasteiger partial charge in [0.05, 0.1) is 20.2 Å². The molecule has 0 atom stereocenters. The van der Waals surface area contributed by atoms with Crippen LogP contribution in [0.15, 0.2) is 18.2 Å². The van der Waals surface area contributed by atoms with Crippen LogP contribution in [0.1, 0.15) is 5.56 Å². The Morgan fingerprint density at radius 1 is 1.43 bits per heavy atom. The van der Waals surface area contributed by atoms with Gasteiger partial charge in [-0.25, -0.2) is 0 Å². The number of hydrogen-bond donors (Lipinski definition) is 3. The van der Waals surface area contributed by atoms with Crippen molar-refractivity contribution in [1.29, 1.82) is 0 Å². The zero-order chi connectivity index (χ0) is 15.1. The van der Waals surface area contributed by atoms with Gasteiger partial charge in [-0.15, -0.1) is 12.4 Å². The Morgan fingerprint density at radius 2 is 2.10 bits per heavy atom. The molecule has 118 valence electrons. The molecular formula is C13H20ClN3O4. The molecule has 0 saturated heterocycles. The average Bonchev–Trinajstić information content (AvgIpc) is 2.46. The summed E-state index contributed by atoms with van der Waals surface area (Å²) in [4.78, 5) is 24.2. The summed E-state index contributed by atoms with van der Waals surface area (Å²) < 4.78 is 5.00. The summed E-state index contributed by atoms with van der Waals surface area (Å²) in [5, 5.41) is 11.9. The fraction of sp³-hybridized carbons (Fsp3) is 0.385. The van der Waals surface area contributed by atoms with Crippen LogP contribution in [0.25, 0.3) is 0 Å². The Labute approximate surface area is 129 Å². The fourth-order valence-electron chi connectivity index (χ4n) is 1.56. The predicted octanol–water partition coefficient (Wildman–Crippen LogP) is -0.144. The van der Waals surface area contributed by atoms with E-state index >= 15 is 0 Å². The van der Waals surface area contributed by atoms with Crippen LogP contribution in [0, 0.1) is 0 Å². The standard InChI is InChI=1S/C13H19N3O4.ClH/c1-16(13(19)7-15-12(18)6-14)8-9-3-4-10(17)11(5-9)20-2;/h3-5,17H,6-8,14H2,1-2H3,(H,15,18);1H. The minimum Gasteiger partial charge on any atom is -0.504 e. The number of likely N-dealkylation sites (N-methyl/N-ethyl adjacent to an activating group) is 1. The maximum atomic E-state index is 11.8. The van der Waals surface area contributed by atoms with Crippen molar-refractivity contribution in [3.05, 3.63) is 23.8 Å². The number of rotatable bonds is 6. The summed E-state index contributed by atoms with van der Waals surface area (Å²) in [5.74, 6) is -0.225. The van der Waals surface area contributed by atoms with Gasteiger partial charge in [0, 0.05) is 13.6 Å². The van der Waals surface area contributed by atoms with E-state index in [1.54, 1.807) is 19.2 Å². The predicted molar refractivity (Wildman–Crippen MR) is 80.4 cm³/mol. The van der Waals surface area contributed by atoms with E-state index in [0.717, 1.165) is 5.56 Å². The molecule has 1 aromatic carbocycles. The lowest BCUT2D eigenvalue weighted by Crippen LogP contribution is -2.40. The highest BCUT2D eigenvalue weighted by atomic mass is 35.5. The van der Waals surface area contributed by atoms with Gasteiger partial charge in [-0.2, -0.15) is 0 Å². The van der Waals surface area contributed by atoms with E-state index in [9.17, 15) is 14.7 Å². The van der Waals surface area contributed by atoms with Crippen LogP contribution in [-0.4, -0.2) is 49.1 Å². The number of nitrogens with one attached hydrogen (secondary N) is 1. The molecule has 0 unspecified atom stereocenters. The van der Waals surface area contributed by atoms with Crippen molar-refractivity contribution < 1.29 is 19.4 Å². The lowest BCUT2D eigenvalue weighted by molar-refractivity contribution is -0.131. The van der Waals surface area contributed by atoms with Crippen LogP contribution in [0.5, 0.6) is 11.5 Å². The molecule has 7 nitrogen and oxygen atoms in total. The monoisotopic (exact) mass is 317 g/mol. The van der Waals surface area contributed by atoms with Crippen LogP contribution in [0.3, 0.4) is 0 Å². The van der Waals surface area contributed by atoms with Crippen molar-refractivity contribution in [3.8, 4) is 11.5 Å². The fourth-order valence-corrected chi connectivity index (χ4v) is 1.56. The number of ether oxygens (including phenoxy) is 1. The Bertz CT molecular complexity index is 496. The smallest absolute Gasteiger partial charge is 0.242 e. The second kappa shape index (κ2) is 9.04. The number of phenols is 1. The second-order valence-corrected chi connectivity index (χ2v) is 4.24. The molecule has 0 heterocycles. The molecule has 0 fully saturated rings. The molecule has 4 N–H and O–H groups in total. The normalized spacial score (nSPS) is 9.48. The van der Waals surface area contributed by atoms with E-state index < -0.39 is 0 Å². The number of methoxy groups -OCH3 is 1. The maximum absolute atomic E-state index is 11.8. The van der Waals surface area contributed by atoms with Gasteiger partial charge in [0.25, 0.3) is 0 Å². The molecule has 1 aromatic rings. The molecule has 1 rings (SSSR count). The minimum atomic E-state index is -0.377. The summed E-state index contributed by atoms with van der Waals surface area (Å²) in [6.07, 6.45) is 0. The van der Waals surface area contributed by atoms with Crippen LogP contribution < -0.4 is 15.8 Å². The third-order valence-corrected chi connectivity index (χ3v) is 2.71. The van der Waals surface area contributed by atoms with Gasteiger partial charge in [0.1, 0.15) is 0 Å². The number of nitrogens with two attached hydrogens (primary N) is 1. The molecule has 2 amide bonds. The van der Waals surface area contributed by atoms with Gasteiger partial charge < -0.3 is 25.8 Å². The third-order valence-electron chi connectivity index (χ3n) is 2.71. The molecule has 21 heavy (non-hydrogen) atoms. The van der Waals surface area contributed by atoms with E-state index in [1.807, 2.05) is 0 Å². The van der Waals surface area contributed by atoms with Crippen LogP contribution >= 0.6 is 12.4 Å². The van der Waals surface area contributed by atoms with Gasteiger partial charge in [-0.1, -0.05) is 6.07 Å². The molecule has 0 radical (unpaired) electrons. The topological polar surface area (TPSA) is 105 Å². The van der Waals surface area contributed by atoms with Gasteiger partial charge in [-0.3, -0.25) is 9.59 Å². The lowest BCUT2D eigenvalue weighted by atomic mass is 10.2. The van der Waals surface area contributed by atoms with Crippen molar-refractivity contribution in [2.75, 3.05) is 27.2 Å². The number of phenolic OH excluding ortho intramolecular Hbond substituents is 1. The van der Waals surface area contributed by atoms with Crippen LogP contribution in [0.4, 0.5) is 0 Å². The molecule has 0 aliphatic rings. The van der Waals surface area contributed by atoms with Crippen LogP contribution in [0.2, 0.25) is 0 Å². The highest BCUT2D eigenvalue weighted by molar-refractivity contribution is 5.85. The number of halogens is 1. The Balaban J connectivity index is 0.00000400. The molecule has 0 aliphatic heterocycles. The highest BCUT2D eigenvalue weighted by Crippen LogP contribution is 2.26. The van der Waals surface area contributed by atoms with Gasteiger partial charge in [0.2, 0.25) is 11.8 Å². The first-order valence-corrected chi connectivity index (χ1v) is 6.04. The summed E-state index contributed by atoms with van der Waals surface area (Å²) in [5.41, 5.74) is 5.94. The van der Waals surface area contributed by atoms with E-state index in [4.69, 9.17) is 10.5 Å². The van der Waals surface area contributed by atoms with E-state index in [1.165, 1.54) is 18.1 Å². The van der Waals surface area contributed by atoms with Crippen LogP contribution in [-0.2, 0) is 16.1 Å². The SMILES string of the molecule is COc1cc(CN(C)C(=O)CNC(=O)CN)ccc1O.Cl.